The standard InChI is InChI=1S/C25H21FN6O4/c1-13(33)16-5-6-18(26)22(23(16)36-24(34)15-4-8-20(28-2)30-12-15)17-9-19(17)31-25(35)32-21-7-3-14(10-27)11-29-21/h3-8,11-12,17,19H,9H2,1-2H3,(H,28,30)(H2,29,31,32,35)/t17-,19+/m0/s1. The molecule has 3 aromatic rings. The van der Waals surface area contributed by atoms with Crippen molar-refractivity contribution in [1.29, 1.82) is 5.26 Å². The van der Waals surface area contributed by atoms with E-state index in [2.05, 4.69) is 25.9 Å². The number of Topliss-reactive ketones (excluding diaryl/α,β-unsaturated/α-hetero) is 1. The summed E-state index contributed by atoms with van der Waals surface area (Å²) in [5, 5.41) is 16.9. The number of aromatic nitrogens is 2. The van der Waals surface area contributed by atoms with Crippen molar-refractivity contribution in [3.05, 3.63) is 76.9 Å². The highest BCUT2D eigenvalue weighted by atomic mass is 19.1. The summed E-state index contributed by atoms with van der Waals surface area (Å²) in [5.74, 6) is -1.77. The predicted molar refractivity (Wildman–Crippen MR) is 127 cm³/mol. The lowest BCUT2D eigenvalue weighted by Gasteiger charge is -2.15. The lowest BCUT2D eigenvalue weighted by Crippen LogP contribution is -2.31. The molecule has 1 aliphatic rings. The summed E-state index contributed by atoms with van der Waals surface area (Å²) in [6.07, 6.45) is 3.00. The van der Waals surface area contributed by atoms with Crippen LogP contribution >= 0.6 is 0 Å². The Bertz CT molecular complexity index is 1370. The van der Waals surface area contributed by atoms with E-state index in [0.29, 0.717) is 17.8 Å². The molecule has 36 heavy (non-hydrogen) atoms. The van der Waals surface area contributed by atoms with Crippen LogP contribution in [0.2, 0.25) is 0 Å². The summed E-state index contributed by atoms with van der Waals surface area (Å²) in [4.78, 5) is 45.4. The number of benzene rings is 1. The summed E-state index contributed by atoms with van der Waals surface area (Å²) >= 11 is 0. The third-order valence-electron chi connectivity index (χ3n) is 5.58. The highest BCUT2D eigenvalue weighted by Crippen LogP contribution is 2.47. The smallest absolute Gasteiger partial charge is 0.345 e. The van der Waals surface area contributed by atoms with E-state index in [1.54, 1.807) is 13.1 Å². The Morgan fingerprint density at radius 3 is 2.44 bits per heavy atom. The zero-order valence-electron chi connectivity index (χ0n) is 19.3. The number of hydrogen-bond donors (Lipinski definition) is 3. The number of rotatable bonds is 7. The third-order valence-corrected chi connectivity index (χ3v) is 5.58. The third kappa shape index (κ3) is 5.28. The van der Waals surface area contributed by atoms with Gasteiger partial charge in [0.15, 0.2) is 5.78 Å². The van der Waals surface area contributed by atoms with Gasteiger partial charge in [-0.05, 0) is 49.7 Å². The maximum atomic E-state index is 15.0. The Kier molecular flexibility index (Phi) is 6.87. The largest absolute Gasteiger partial charge is 0.422 e. The number of carbonyl (C=O) groups is 3. The first kappa shape index (κ1) is 24.3. The van der Waals surface area contributed by atoms with E-state index in [9.17, 15) is 18.8 Å². The average Bonchev–Trinajstić information content (AvgIpc) is 3.62. The molecule has 4 rings (SSSR count). The molecule has 10 nitrogen and oxygen atoms in total. The zero-order valence-corrected chi connectivity index (χ0v) is 19.3. The van der Waals surface area contributed by atoms with Gasteiger partial charge in [-0.15, -0.1) is 0 Å². The maximum absolute atomic E-state index is 15.0. The minimum absolute atomic E-state index is 0.0395. The monoisotopic (exact) mass is 488 g/mol. The van der Waals surface area contributed by atoms with Gasteiger partial charge >= 0.3 is 12.0 Å². The Hall–Kier alpha value is -4.85. The molecule has 11 heteroatoms. The summed E-state index contributed by atoms with van der Waals surface area (Å²) in [5.41, 5.74) is 0.562. The number of hydrogen-bond acceptors (Lipinski definition) is 8. The van der Waals surface area contributed by atoms with Gasteiger partial charge < -0.3 is 15.4 Å². The fourth-order valence-electron chi connectivity index (χ4n) is 3.65. The van der Waals surface area contributed by atoms with Crippen LogP contribution < -0.4 is 20.7 Å². The number of pyridine rings is 2. The van der Waals surface area contributed by atoms with Crippen LogP contribution in [0.3, 0.4) is 0 Å². The van der Waals surface area contributed by atoms with Crippen LogP contribution in [0.5, 0.6) is 5.75 Å². The van der Waals surface area contributed by atoms with Gasteiger partial charge in [-0.25, -0.2) is 23.9 Å². The minimum atomic E-state index is -0.797. The van der Waals surface area contributed by atoms with Crippen molar-refractivity contribution in [2.45, 2.75) is 25.3 Å². The first-order valence-corrected chi connectivity index (χ1v) is 10.9. The lowest BCUT2D eigenvalue weighted by molar-refractivity contribution is 0.0730. The van der Waals surface area contributed by atoms with E-state index >= 15 is 0 Å². The van der Waals surface area contributed by atoms with Crippen LogP contribution in [0.25, 0.3) is 0 Å². The number of anilines is 2. The molecule has 0 unspecified atom stereocenters. The Labute approximate surface area is 205 Å². The highest BCUT2D eigenvalue weighted by molar-refractivity contribution is 5.99. The van der Waals surface area contributed by atoms with Crippen molar-refractivity contribution in [1.82, 2.24) is 15.3 Å². The Morgan fingerprint density at radius 1 is 1.08 bits per heavy atom. The maximum Gasteiger partial charge on any atom is 0.345 e. The van der Waals surface area contributed by atoms with Crippen LogP contribution in [-0.4, -0.2) is 40.8 Å². The molecule has 1 fully saturated rings. The zero-order chi connectivity index (χ0) is 25.8. The molecule has 0 saturated heterocycles. The van der Waals surface area contributed by atoms with Crippen LogP contribution in [0.4, 0.5) is 20.8 Å². The quantitative estimate of drug-likeness (QED) is 0.260. The molecule has 2 heterocycles. The number of nitrogens with one attached hydrogen (secondary N) is 3. The van der Waals surface area contributed by atoms with Gasteiger partial charge in [0.25, 0.3) is 0 Å². The SMILES string of the molecule is CNc1ccc(C(=O)Oc2c(C(C)=O)ccc(F)c2[C@H]2C[C@H]2NC(=O)Nc2ccc(C#N)cn2)cn1. The molecule has 2 amide bonds. The van der Waals surface area contributed by atoms with Gasteiger partial charge in [-0.3, -0.25) is 10.1 Å². The topological polar surface area (TPSA) is 146 Å². The second-order valence-corrected chi connectivity index (χ2v) is 8.06. The minimum Gasteiger partial charge on any atom is -0.422 e. The van der Waals surface area contributed by atoms with E-state index in [1.807, 2.05) is 6.07 Å². The molecular formula is C25H21FN6O4. The summed E-state index contributed by atoms with van der Waals surface area (Å²) in [6.45, 7) is 1.29. The number of amides is 2. The van der Waals surface area contributed by atoms with Gasteiger partial charge in [0.2, 0.25) is 0 Å². The molecular weight excluding hydrogens is 467 g/mol. The molecule has 0 spiro atoms. The molecule has 1 aliphatic carbocycles. The molecule has 2 atom stereocenters. The van der Waals surface area contributed by atoms with Gasteiger partial charge in [0.05, 0.1) is 16.7 Å². The van der Waals surface area contributed by atoms with Gasteiger partial charge in [-0.1, -0.05) is 0 Å². The molecule has 0 aliphatic heterocycles. The van der Waals surface area contributed by atoms with Gasteiger partial charge in [0.1, 0.15) is 29.3 Å². The second kappa shape index (κ2) is 10.2. The Morgan fingerprint density at radius 2 is 1.83 bits per heavy atom. The predicted octanol–water partition coefficient (Wildman–Crippen LogP) is 3.63. The average molecular weight is 488 g/mol. The summed E-state index contributed by atoms with van der Waals surface area (Å²) in [7, 11) is 1.68. The van der Waals surface area contributed by atoms with E-state index in [1.165, 1.54) is 43.6 Å². The van der Waals surface area contributed by atoms with Crippen molar-refractivity contribution < 1.29 is 23.5 Å². The first-order chi connectivity index (χ1) is 17.3. The van der Waals surface area contributed by atoms with Gasteiger partial charge in [-0.2, -0.15) is 5.26 Å². The van der Waals surface area contributed by atoms with E-state index < -0.39 is 35.6 Å². The number of halogens is 1. The van der Waals surface area contributed by atoms with Crippen molar-refractivity contribution in [2.24, 2.45) is 0 Å². The van der Waals surface area contributed by atoms with E-state index in [0.717, 1.165) is 6.07 Å². The second-order valence-electron chi connectivity index (χ2n) is 8.06. The molecule has 1 aromatic carbocycles. The molecule has 2 aromatic heterocycles. The van der Waals surface area contributed by atoms with Crippen LogP contribution in [0.15, 0.2) is 48.8 Å². The number of ether oxygens (including phenoxy) is 1. The van der Waals surface area contributed by atoms with Crippen LogP contribution in [0, 0.1) is 17.1 Å². The van der Waals surface area contributed by atoms with Crippen LogP contribution in [-0.2, 0) is 0 Å². The number of nitrogens with zero attached hydrogens (tertiary/aromatic N) is 3. The fourth-order valence-corrected chi connectivity index (χ4v) is 3.65. The number of urea groups is 1. The number of ketones is 1. The molecule has 1 saturated carbocycles. The number of esters is 1. The molecule has 3 N–H and O–H groups in total. The molecule has 0 bridgehead atoms. The molecule has 0 radical (unpaired) electrons. The van der Waals surface area contributed by atoms with Crippen molar-refractivity contribution in [2.75, 3.05) is 17.7 Å². The fraction of sp³-hybridized carbons (Fsp3) is 0.200. The highest BCUT2D eigenvalue weighted by Gasteiger charge is 2.44. The Balaban J connectivity index is 1.52. The summed E-state index contributed by atoms with van der Waals surface area (Å²) in [6, 6.07) is 9.37. The summed E-state index contributed by atoms with van der Waals surface area (Å²) < 4.78 is 20.5. The number of nitriles is 1. The van der Waals surface area contributed by atoms with Gasteiger partial charge in [0, 0.05) is 37.0 Å². The van der Waals surface area contributed by atoms with E-state index in [-0.39, 0.29) is 28.3 Å². The lowest BCUT2D eigenvalue weighted by atomic mass is 10.0. The first-order valence-electron chi connectivity index (χ1n) is 10.9. The van der Waals surface area contributed by atoms with Crippen LogP contribution in [0.1, 0.15) is 51.1 Å². The molecule has 182 valence electrons. The van der Waals surface area contributed by atoms with Crippen molar-refractivity contribution in [3.8, 4) is 11.8 Å². The van der Waals surface area contributed by atoms with Crippen molar-refractivity contribution >= 4 is 29.4 Å². The number of carbonyl (C=O) groups excluding carboxylic acids is 3. The van der Waals surface area contributed by atoms with E-state index in [4.69, 9.17) is 10.00 Å². The normalized spacial score (nSPS) is 15.8. The van der Waals surface area contributed by atoms with Crippen molar-refractivity contribution in [3.63, 3.8) is 0 Å².